The number of aryl methyl sites for hydroxylation is 1. The van der Waals surface area contributed by atoms with E-state index in [1.165, 1.54) is 17.3 Å². The molecule has 0 bridgehead atoms. The van der Waals surface area contributed by atoms with E-state index >= 15 is 0 Å². The highest BCUT2D eigenvalue weighted by Gasteiger charge is 2.46. The van der Waals surface area contributed by atoms with Crippen molar-refractivity contribution in [2.45, 2.75) is 43.7 Å². The lowest BCUT2D eigenvalue weighted by Gasteiger charge is -2.38. The minimum atomic E-state index is -0.875. The maximum Gasteiger partial charge on any atom is 0.254 e. The average Bonchev–Trinajstić information content (AvgIpc) is 3.18. The molecule has 2 aliphatic rings. The molecule has 0 radical (unpaired) electrons. The van der Waals surface area contributed by atoms with E-state index in [2.05, 4.69) is 27.4 Å². The Morgan fingerprint density at radius 3 is 2.77 bits per heavy atom. The van der Waals surface area contributed by atoms with E-state index in [0.29, 0.717) is 18.5 Å². The van der Waals surface area contributed by atoms with Crippen LogP contribution in [0.3, 0.4) is 0 Å². The van der Waals surface area contributed by atoms with E-state index in [0.717, 1.165) is 13.0 Å². The lowest BCUT2D eigenvalue weighted by Crippen LogP contribution is -2.54. The van der Waals surface area contributed by atoms with Crippen LogP contribution in [-0.4, -0.2) is 61.6 Å². The van der Waals surface area contributed by atoms with E-state index in [1.54, 1.807) is 17.9 Å². The van der Waals surface area contributed by atoms with Crippen LogP contribution in [0.5, 0.6) is 0 Å². The SMILES string of the molecule is Cn1cc(C(=O)N[C@@H]2C[C@H](O)[C@H](O)[C@H]2N2CCc3ccccc3C2)cn1. The van der Waals surface area contributed by atoms with Gasteiger partial charge in [0.2, 0.25) is 0 Å². The van der Waals surface area contributed by atoms with Gasteiger partial charge in [-0.2, -0.15) is 5.10 Å². The van der Waals surface area contributed by atoms with E-state index in [9.17, 15) is 15.0 Å². The first-order chi connectivity index (χ1) is 12.5. The maximum atomic E-state index is 12.5. The number of nitrogens with one attached hydrogen (secondary N) is 1. The molecule has 0 spiro atoms. The van der Waals surface area contributed by atoms with Gasteiger partial charge in [-0.25, -0.2) is 0 Å². The maximum absolute atomic E-state index is 12.5. The van der Waals surface area contributed by atoms with Crippen molar-refractivity contribution in [2.75, 3.05) is 6.54 Å². The molecule has 7 nitrogen and oxygen atoms in total. The molecule has 1 aliphatic carbocycles. The van der Waals surface area contributed by atoms with Crippen LogP contribution in [0, 0.1) is 0 Å². The zero-order valence-corrected chi connectivity index (χ0v) is 14.7. The second-order valence-corrected chi connectivity index (χ2v) is 7.26. The van der Waals surface area contributed by atoms with E-state index in [1.807, 2.05) is 12.1 Å². The van der Waals surface area contributed by atoms with Gasteiger partial charge in [0.05, 0.1) is 30.0 Å². The summed E-state index contributed by atoms with van der Waals surface area (Å²) in [5.41, 5.74) is 3.04. The molecule has 138 valence electrons. The van der Waals surface area contributed by atoms with Crippen molar-refractivity contribution in [1.29, 1.82) is 0 Å². The molecule has 1 aromatic heterocycles. The van der Waals surface area contributed by atoms with Crippen LogP contribution in [0.25, 0.3) is 0 Å². The van der Waals surface area contributed by atoms with Crippen LogP contribution in [0.1, 0.15) is 27.9 Å². The number of aliphatic hydroxyl groups excluding tert-OH is 2. The number of aromatic nitrogens is 2. The van der Waals surface area contributed by atoms with Crippen LogP contribution in [0.15, 0.2) is 36.7 Å². The van der Waals surface area contributed by atoms with Gasteiger partial charge in [0, 0.05) is 32.4 Å². The molecular weight excluding hydrogens is 332 g/mol. The molecule has 26 heavy (non-hydrogen) atoms. The topological polar surface area (TPSA) is 90.6 Å². The quantitative estimate of drug-likeness (QED) is 0.724. The molecule has 2 heterocycles. The standard InChI is InChI=1S/C19H24N4O3/c1-22-10-14(9-20-22)19(26)21-15-8-16(24)18(25)17(15)23-7-6-12-4-2-3-5-13(12)11-23/h2-5,9-10,15-18,24-25H,6-8,11H2,1H3,(H,21,26)/t15-,16+,17+,18+/m1/s1. The van der Waals surface area contributed by atoms with E-state index in [4.69, 9.17) is 0 Å². The third kappa shape index (κ3) is 3.13. The number of carbonyl (C=O) groups excluding carboxylic acids is 1. The Hall–Kier alpha value is -2.22. The molecular formula is C19H24N4O3. The van der Waals surface area contributed by atoms with Crippen LogP contribution in [-0.2, 0) is 20.0 Å². The second-order valence-electron chi connectivity index (χ2n) is 7.26. The fourth-order valence-corrected chi connectivity index (χ4v) is 4.18. The molecule has 3 N–H and O–H groups in total. The Morgan fingerprint density at radius 2 is 2.04 bits per heavy atom. The molecule has 4 rings (SSSR count). The fraction of sp³-hybridized carbons (Fsp3) is 0.474. The summed E-state index contributed by atoms with van der Waals surface area (Å²) >= 11 is 0. The summed E-state index contributed by atoms with van der Waals surface area (Å²) < 4.78 is 1.58. The first-order valence-corrected chi connectivity index (χ1v) is 8.99. The second kappa shape index (κ2) is 6.83. The van der Waals surface area contributed by atoms with Gasteiger partial charge in [-0.3, -0.25) is 14.4 Å². The number of hydrogen-bond donors (Lipinski definition) is 3. The van der Waals surface area contributed by atoms with Gasteiger partial charge in [0.1, 0.15) is 0 Å². The summed E-state index contributed by atoms with van der Waals surface area (Å²) in [5.74, 6) is -0.230. The summed E-state index contributed by atoms with van der Waals surface area (Å²) in [4.78, 5) is 14.7. The Bertz CT molecular complexity index is 806. The van der Waals surface area contributed by atoms with Gasteiger partial charge in [0.25, 0.3) is 5.91 Å². The summed E-state index contributed by atoms with van der Waals surface area (Å²) in [6.45, 7) is 1.51. The summed E-state index contributed by atoms with van der Waals surface area (Å²) in [6, 6.07) is 7.68. The molecule has 0 saturated heterocycles. The first kappa shape index (κ1) is 17.2. The number of carbonyl (C=O) groups is 1. The lowest BCUT2D eigenvalue weighted by molar-refractivity contribution is -0.00699. The molecule has 1 amide bonds. The van der Waals surface area contributed by atoms with Crippen molar-refractivity contribution < 1.29 is 15.0 Å². The number of nitrogens with zero attached hydrogens (tertiary/aromatic N) is 3. The molecule has 1 aliphatic heterocycles. The Balaban J connectivity index is 1.52. The third-order valence-electron chi connectivity index (χ3n) is 5.52. The highest BCUT2D eigenvalue weighted by atomic mass is 16.3. The molecule has 1 saturated carbocycles. The van der Waals surface area contributed by atoms with Crippen LogP contribution < -0.4 is 5.32 Å². The van der Waals surface area contributed by atoms with Gasteiger partial charge < -0.3 is 15.5 Å². The van der Waals surface area contributed by atoms with Crippen molar-refractivity contribution in [1.82, 2.24) is 20.0 Å². The molecule has 4 atom stereocenters. The minimum absolute atomic E-state index is 0.230. The van der Waals surface area contributed by atoms with Crippen molar-refractivity contribution >= 4 is 5.91 Å². The van der Waals surface area contributed by atoms with Gasteiger partial charge in [0.15, 0.2) is 0 Å². The summed E-state index contributed by atoms with van der Waals surface area (Å²) in [6.07, 6.45) is 2.71. The van der Waals surface area contributed by atoms with Gasteiger partial charge >= 0.3 is 0 Å². The third-order valence-corrected chi connectivity index (χ3v) is 5.52. The normalized spacial score (nSPS) is 28.7. The van der Waals surface area contributed by atoms with Crippen molar-refractivity contribution in [3.63, 3.8) is 0 Å². The Morgan fingerprint density at radius 1 is 1.27 bits per heavy atom. The summed E-state index contributed by atoms with van der Waals surface area (Å²) in [7, 11) is 1.76. The number of fused-ring (bicyclic) bond motifs is 1. The number of amides is 1. The fourth-order valence-electron chi connectivity index (χ4n) is 4.18. The monoisotopic (exact) mass is 356 g/mol. The first-order valence-electron chi connectivity index (χ1n) is 8.99. The smallest absolute Gasteiger partial charge is 0.254 e. The highest BCUT2D eigenvalue weighted by Crippen LogP contribution is 2.30. The van der Waals surface area contributed by atoms with E-state index in [-0.39, 0.29) is 18.0 Å². The number of hydrogen-bond acceptors (Lipinski definition) is 5. The Labute approximate surface area is 152 Å². The number of aliphatic hydroxyl groups is 2. The van der Waals surface area contributed by atoms with Crippen LogP contribution >= 0.6 is 0 Å². The van der Waals surface area contributed by atoms with Crippen LogP contribution in [0.2, 0.25) is 0 Å². The predicted octanol–water partition coefficient (Wildman–Crippen LogP) is 0.0709. The van der Waals surface area contributed by atoms with Crippen molar-refractivity contribution in [3.05, 3.63) is 53.3 Å². The Kier molecular flexibility index (Phi) is 4.52. The van der Waals surface area contributed by atoms with Crippen molar-refractivity contribution in [3.8, 4) is 0 Å². The van der Waals surface area contributed by atoms with Gasteiger partial charge in [-0.1, -0.05) is 24.3 Å². The predicted molar refractivity (Wildman–Crippen MR) is 95.4 cm³/mol. The largest absolute Gasteiger partial charge is 0.390 e. The number of benzene rings is 1. The zero-order valence-electron chi connectivity index (χ0n) is 14.7. The zero-order chi connectivity index (χ0) is 18.3. The molecule has 0 unspecified atom stereocenters. The average molecular weight is 356 g/mol. The van der Waals surface area contributed by atoms with E-state index < -0.39 is 12.2 Å². The van der Waals surface area contributed by atoms with Gasteiger partial charge in [-0.15, -0.1) is 0 Å². The summed E-state index contributed by atoms with van der Waals surface area (Å²) in [5, 5.41) is 27.8. The van der Waals surface area contributed by atoms with Gasteiger partial charge in [-0.05, 0) is 24.0 Å². The number of rotatable bonds is 3. The molecule has 1 fully saturated rings. The molecule has 1 aromatic carbocycles. The highest BCUT2D eigenvalue weighted by molar-refractivity contribution is 5.93. The lowest BCUT2D eigenvalue weighted by atomic mass is 9.97. The van der Waals surface area contributed by atoms with Crippen molar-refractivity contribution in [2.24, 2.45) is 7.05 Å². The molecule has 2 aromatic rings. The van der Waals surface area contributed by atoms with Crippen LogP contribution in [0.4, 0.5) is 0 Å². The molecule has 7 heteroatoms. The minimum Gasteiger partial charge on any atom is -0.390 e.